The fourth-order valence-corrected chi connectivity index (χ4v) is 2.97. The minimum Gasteiger partial charge on any atom is -0.467 e. The summed E-state index contributed by atoms with van der Waals surface area (Å²) in [5.74, 6) is 0.751. The second kappa shape index (κ2) is 6.69. The van der Waals surface area contributed by atoms with E-state index in [1.807, 2.05) is 78.9 Å². The fourth-order valence-electron chi connectivity index (χ4n) is 2.97. The maximum Gasteiger partial charge on any atom is 0.258 e. The zero-order chi connectivity index (χ0) is 17.1. The van der Waals surface area contributed by atoms with Crippen molar-refractivity contribution in [2.45, 2.75) is 12.7 Å². The molecule has 1 atom stereocenters. The van der Waals surface area contributed by atoms with Crippen LogP contribution in [0.1, 0.15) is 21.7 Å². The smallest absolute Gasteiger partial charge is 0.258 e. The van der Waals surface area contributed by atoms with Crippen LogP contribution in [0.15, 0.2) is 83.5 Å². The number of fused-ring (bicyclic) bond motifs is 1. The monoisotopic (exact) mass is 330 g/mol. The van der Waals surface area contributed by atoms with E-state index in [-0.39, 0.29) is 12.1 Å². The van der Waals surface area contributed by atoms with Crippen molar-refractivity contribution in [1.82, 2.24) is 4.90 Å². The number of para-hydroxylation sites is 1. The van der Waals surface area contributed by atoms with Crippen LogP contribution in [0.5, 0.6) is 0 Å². The quantitative estimate of drug-likeness (QED) is 0.772. The summed E-state index contributed by atoms with van der Waals surface area (Å²) in [7, 11) is 0. The molecule has 0 saturated carbocycles. The van der Waals surface area contributed by atoms with E-state index in [1.165, 1.54) is 0 Å². The van der Waals surface area contributed by atoms with E-state index in [4.69, 9.17) is 4.42 Å². The first-order chi connectivity index (χ1) is 12.3. The topological polar surface area (TPSA) is 45.5 Å². The van der Waals surface area contributed by atoms with Gasteiger partial charge in [0.05, 0.1) is 18.4 Å². The summed E-state index contributed by atoms with van der Waals surface area (Å²) in [5.41, 5.74) is 2.62. The van der Waals surface area contributed by atoms with Crippen molar-refractivity contribution >= 4 is 17.7 Å². The third kappa shape index (κ3) is 3.19. The molecule has 1 aliphatic heterocycles. The first-order valence-electron chi connectivity index (χ1n) is 8.23. The van der Waals surface area contributed by atoms with E-state index < -0.39 is 0 Å². The van der Waals surface area contributed by atoms with Crippen LogP contribution in [-0.2, 0) is 6.54 Å². The van der Waals surface area contributed by atoms with Crippen molar-refractivity contribution in [3.05, 3.63) is 96.0 Å². The van der Waals surface area contributed by atoms with Gasteiger partial charge >= 0.3 is 0 Å². The SMILES string of the molecule is O=C1c2ccccc2N[C@@H](/C=C/c2ccccc2)N1Cc1ccco1. The van der Waals surface area contributed by atoms with Crippen LogP contribution in [0, 0.1) is 0 Å². The van der Waals surface area contributed by atoms with Crippen LogP contribution < -0.4 is 5.32 Å². The zero-order valence-corrected chi connectivity index (χ0v) is 13.6. The summed E-state index contributed by atoms with van der Waals surface area (Å²) >= 11 is 0. The normalized spacial score (nSPS) is 16.7. The molecule has 0 saturated heterocycles. The number of nitrogens with one attached hydrogen (secondary N) is 1. The number of amides is 1. The van der Waals surface area contributed by atoms with Gasteiger partial charge in [-0.05, 0) is 35.9 Å². The van der Waals surface area contributed by atoms with E-state index in [0.29, 0.717) is 12.1 Å². The second-order valence-electron chi connectivity index (χ2n) is 5.92. The van der Waals surface area contributed by atoms with Gasteiger partial charge in [-0.2, -0.15) is 0 Å². The molecule has 0 fully saturated rings. The number of carbonyl (C=O) groups is 1. The van der Waals surface area contributed by atoms with Gasteiger partial charge in [0.2, 0.25) is 0 Å². The summed E-state index contributed by atoms with van der Waals surface area (Å²) in [4.78, 5) is 14.8. The molecule has 0 bridgehead atoms. The van der Waals surface area contributed by atoms with Crippen LogP contribution in [0.25, 0.3) is 6.08 Å². The molecule has 0 aliphatic carbocycles. The molecule has 4 nitrogen and oxygen atoms in total. The van der Waals surface area contributed by atoms with Crippen molar-refractivity contribution in [3.63, 3.8) is 0 Å². The van der Waals surface area contributed by atoms with Gasteiger partial charge in [0.1, 0.15) is 11.9 Å². The van der Waals surface area contributed by atoms with E-state index in [2.05, 4.69) is 5.32 Å². The van der Waals surface area contributed by atoms with Crippen LogP contribution in [0.2, 0.25) is 0 Å². The molecule has 1 aromatic heterocycles. The minimum atomic E-state index is -0.243. The molecule has 2 heterocycles. The molecule has 2 aromatic carbocycles. The van der Waals surface area contributed by atoms with Crippen LogP contribution in [0.3, 0.4) is 0 Å². The summed E-state index contributed by atoms with van der Waals surface area (Å²) in [5, 5.41) is 3.44. The van der Waals surface area contributed by atoms with Gasteiger partial charge in [-0.25, -0.2) is 0 Å². The Bertz CT molecular complexity index is 885. The average molecular weight is 330 g/mol. The molecular weight excluding hydrogens is 312 g/mol. The Morgan fingerprint density at radius 2 is 1.80 bits per heavy atom. The van der Waals surface area contributed by atoms with E-state index in [0.717, 1.165) is 17.0 Å². The Labute approximate surface area is 146 Å². The first kappa shape index (κ1) is 15.3. The van der Waals surface area contributed by atoms with Crippen LogP contribution >= 0.6 is 0 Å². The highest BCUT2D eigenvalue weighted by Gasteiger charge is 2.30. The predicted molar refractivity (Wildman–Crippen MR) is 97.9 cm³/mol. The molecule has 0 radical (unpaired) electrons. The molecule has 3 aromatic rings. The van der Waals surface area contributed by atoms with Crippen LogP contribution in [0.4, 0.5) is 5.69 Å². The maximum atomic E-state index is 13.0. The number of furan rings is 1. The van der Waals surface area contributed by atoms with Gasteiger partial charge in [-0.15, -0.1) is 0 Å². The lowest BCUT2D eigenvalue weighted by Crippen LogP contribution is -2.47. The molecule has 25 heavy (non-hydrogen) atoms. The number of anilines is 1. The number of hydrogen-bond donors (Lipinski definition) is 1. The molecule has 4 heteroatoms. The molecule has 124 valence electrons. The zero-order valence-electron chi connectivity index (χ0n) is 13.6. The highest BCUT2D eigenvalue weighted by Crippen LogP contribution is 2.27. The van der Waals surface area contributed by atoms with Gasteiger partial charge in [0.15, 0.2) is 0 Å². The maximum absolute atomic E-state index is 13.0. The van der Waals surface area contributed by atoms with Crippen molar-refractivity contribution in [1.29, 1.82) is 0 Å². The van der Waals surface area contributed by atoms with E-state index in [9.17, 15) is 4.79 Å². The summed E-state index contributed by atoms with van der Waals surface area (Å²) in [6.45, 7) is 0.414. The van der Waals surface area contributed by atoms with Crippen molar-refractivity contribution < 1.29 is 9.21 Å². The third-order valence-corrected chi connectivity index (χ3v) is 4.23. The number of carbonyl (C=O) groups excluding carboxylic acids is 1. The molecule has 0 unspecified atom stereocenters. The number of benzene rings is 2. The Kier molecular flexibility index (Phi) is 4.09. The third-order valence-electron chi connectivity index (χ3n) is 4.23. The molecule has 1 aliphatic rings. The summed E-state index contributed by atoms with van der Waals surface area (Å²) in [6, 6.07) is 21.3. The molecule has 4 rings (SSSR count). The highest BCUT2D eigenvalue weighted by atomic mass is 16.3. The second-order valence-corrected chi connectivity index (χ2v) is 5.92. The minimum absolute atomic E-state index is 0.00605. The largest absolute Gasteiger partial charge is 0.467 e. The van der Waals surface area contributed by atoms with Gasteiger partial charge in [0.25, 0.3) is 5.91 Å². The Morgan fingerprint density at radius 3 is 2.60 bits per heavy atom. The highest BCUT2D eigenvalue weighted by molar-refractivity contribution is 6.01. The lowest BCUT2D eigenvalue weighted by atomic mass is 10.1. The molecule has 1 N–H and O–H groups in total. The summed E-state index contributed by atoms with van der Waals surface area (Å²) in [6.07, 6.45) is 5.41. The Morgan fingerprint density at radius 1 is 1.00 bits per heavy atom. The molecular formula is C21H18N2O2. The lowest BCUT2D eigenvalue weighted by molar-refractivity contribution is 0.0690. The van der Waals surface area contributed by atoms with E-state index in [1.54, 1.807) is 11.2 Å². The Balaban J connectivity index is 1.66. The lowest BCUT2D eigenvalue weighted by Gasteiger charge is -2.35. The molecule has 1 amide bonds. The van der Waals surface area contributed by atoms with Gasteiger partial charge in [0, 0.05) is 5.69 Å². The first-order valence-corrected chi connectivity index (χ1v) is 8.23. The summed E-state index contributed by atoms with van der Waals surface area (Å²) < 4.78 is 5.44. The van der Waals surface area contributed by atoms with Crippen molar-refractivity contribution in [3.8, 4) is 0 Å². The number of hydrogen-bond acceptors (Lipinski definition) is 3. The van der Waals surface area contributed by atoms with E-state index >= 15 is 0 Å². The number of rotatable bonds is 4. The number of nitrogens with zero attached hydrogens (tertiary/aromatic N) is 1. The van der Waals surface area contributed by atoms with Gasteiger partial charge in [-0.3, -0.25) is 4.79 Å². The van der Waals surface area contributed by atoms with Gasteiger partial charge < -0.3 is 14.6 Å². The fraction of sp³-hybridized carbons (Fsp3) is 0.0952. The van der Waals surface area contributed by atoms with Crippen LogP contribution in [-0.4, -0.2) is 17.0 Å². The predicted octanol–water partition coefficient (Wildman–Crippen LogP) is 4.39. The average Bonchev–Trinajstić information content (AvgIpc) is 3.17. The Hall–Kier alpha value is -3.27. The molecule has 0 spiro atoms. The standard InChI is InChI=1S/C21H18N2O2/c24-21-18-10-4-5-11-19(18)22-20(13-12-16-7-2-1-3-8-16)23(21)15-17-9-6-14-25-17/h1-14,20,22H,15H2/b13-12+/t20-/m1/s1. The van der Waals surface area contributed by atoms with Crippen molar-refractivity contribution in [2.24, 2.45) is 0 Å². The van der Waals surface area contributed by atoms with Gasteiger partial charge in [-0.1, -0.05) is 48.5 Å². The van der Waals surface area contributed by atoms with Crippen molar-refractivity contribution in [2.75, 3.05) is 5.32 Å².